The lowest BCUT2D eigenvalue weighted by atomic mass is 10.0. The van der Waals surface area contributed by atoms with E-state index in [2.05, 4.69) is 15.9 Å². The minimum atomic E-state index is -0.634. The van der Waals surface area contributed by atoms with Gasteiger partial charge >= 0.3 is 0 Å². The van der Waals surface area contributed by atoms with E-state index in [9.17, 15) is 5.11 Å². The Morgan fingerprint density at radius 1 is 1.47 bits per heavy atom. The number of rotatable bonds is 2. The zero-order chi connectivity index (χ0) is 10.8. The molecule has 0 radical (unpaired) electrons. The molecule has 0 spiro atoms. The number of ether oxygens (including phenoxy) is 1. The zero-order valence-electron chi connectivity index (χ0n) is 8.53. The molecule has 3 heteroatoms. The lowest BCUT2D eigenvalue weighted by Crippen LogP contribution is -2.04. The number of aliphatic hydroxyl groups excluding tert-OH is 1. The molecule has 1 N–H and O–H groups in total. The van der Waals surface area contributed by atoms with Gasteiger partial charge < -0.3 is 9.84 Å². The SMILES string of the molecule is Cc1ccc(Br)cc1C(O)C1=CCCO1. The molecule has 1 aromatic carbocycles. The van der Waals surface area contributed by atoms with E-state index in [-0.39, 0.29) is 0 Å². The van der Waals surface area contributed by atoms with Crippen LogP contribution in [0.3, 0.4) is 0 Å². The summed E-state index contributed by atoms with van der Waals surface area (Å²) in [5.41, 5.74) is 1.97. The Balaban J connectivity index is 2.31. The second kappa shape index (κ2) is 4.37. The van der Waals surface area contributed by atoms with Gasteiger partial charge in [-0.1, -0.05) is 22.0 Å². The molecule has 80 valence electrons. The van der Waals surface area contributed by atoms with Gasteiger partial charge in [-0.15, -0.1) is 0 Å². The Morgan fingerprint density at radius 2 is 2.27 bits per heavy atom. The number of aryl methyl sites for hydroxylation is 1. The Morgan fingerprint density at radius 3 is 2.93 bits per heavy atom. The first-order valence-corrected chi connectivity index (χ1v) is 5.75. The van der Waals surface area contributed by atoms with Crippen molar-refractivity contribution < 1.29 is 9.84 Å². The van der Waals surface area contributed by atoms with Gasteiger partial charge in [-0.2, -0.15) is 0 Å². The van der Waals surface area contributed by atoms with E-state index < -0.39 is 6.10 Å². The molecule has 0 aromatic heterocycles. The predicted octanol–water partition coefficient (Wildman–Crippen LogP) is 3.10. The molecule has 0 saturated heterocycles. The second-order valence-electron chi connectivity index (χ2n) is 3.65. The van der Waals surface area contributed by atoms with Gasteiger partial charge in [-0.3, -0.25) is 0 Å². The van der Waals surface area contributed by atoms with Crippen LogP contribution in [0.2, 0.25) is 0 Å². The summed E-state index contributed by atoms with van der Waals surface area (Å²) in [5.74, 6) is 0.677. The summed E-state index contributed by atoms with van der Waals surface area (Å²) in [7, 11) is 0. The summed E-state index contributed by atoms with van der Waals surface area (Å²) < 4.78 is 6.33. The van der Waals surface area contributed by atoms with Crippen molar-refractivity contribution in [1.29, 1.82) is 0 Å². The van der Waals surface area contributed by atoms with Crippen molar-refractivity contribution in [3.8, 4) is 0 Å². The Bertz CT molecular complexity index is 399. The summed E-state index contributed by atoms with van der Waals surface area (Å²) in [6.07, 6.45) is 2.20. The fraction of sp³-hybridized carbons (Fsp3) is 0.333. The summed E-state index contributed by atoms with van der Waals surface area (Å²) in [4.78, 5) is 0. The van der Waals surface area contributed by atoms with Crippen molar-refractivity contribution in [2.24, 2.45) is 0 Å². The molecule has 15 heavy (non-hydrogen) atoms. The van der Waals surface area contributed by atoms with Crippen LogP contribution in [0.5, 0.6) is 0 Å². The van der Waals surface area contributed by atoms with E-state index in [0.717, 1.165) is 22.0 Å². The number of halogens is 1. The molecule has 2 rings (SSSR count). The fourth-order valence-corrected chi connectivity index (χ4v) is 2.07. The molecular weight excluding hydrogens is 256 g/mol. The third kappa shape index (κ3) is 2.24. The first-order chi connectivity index (χ1) is 7.18. The molecule has 0 fully saturated rings. The van der Waals surface area contributed by atoms with Crippen LogP contribution in [0.1, 0.15) is 23.7 Å². The van der Waals surface area contributed by atoms with Crippen LogP contribution in [0.4, 0.5) is 0 Å². The molecule has 1 unspecified atom stereocenters. The Kier molecular flexibility index (Phi) is 3.12. The lowest BCUT2D eigenvalue weighted by molar-refractivity contribution is 0.118. The zero-order valence-corrected chi connectivity index (χ0v) is 10.1. The smallest absolute Gasteiger partial charge is 0.136 e. The van der Waals surface area contributed by atoms with Gasteiger partial charge in [0, 0.05) is 10.9 Å². The van der Waals surface area contributed by atoms with Gasteiger partial charge in [0.1, 0.15) is 11.9 Å². The largest absolute Gasteiger partial charge is 0.495 e. The molecule has 0 amide bonds. The topological polar surface area (TPSA) is 29.5 Å². The second-order valence-corrected chi connectivity index (χ2v) is 4.56. The standard InChI is InChI=1S/C12H13BrO2/c1-8-4-5-9(13)7-10(8)12(14)11-3-2-6-15-11/h3-5,7,12,14H,2,6H2,1H3. The van der Waals surface area contributed by atoms with Crippen LogP contribution in [0.25, 0.3) is 0 Å². The summed E-state index contributed by atoms with van der Waals surface area (Å²) in [5, 5.41) is 10.1. The molecule has 1 aliphatic rings. The highest BCUT2D eigenvalue weighted by Gasteiger charge is 2.19. The minimum absolute atomic E-state index is 0.634. The van der Waals surface area contributed by atoms with Crippen LogP contribution in [-0.2, 0) is 4.74 Å². The van der Waals surface area contributed by atoms with Crippen LogP contribution in [-0.4, -0.2) is 11.7 Å². The highest BCUT2D eigenvalue weighted by atomic mass is 79.9. The van der Waals surface area contributed by atoms with Crippen LogP contribution < -0.4 is 0 Å². The quantitative estimate of drug-likeness (QED) is 0.894. The monoisotopic (exact) mass is 268 g/mol. The van der Waals surface area contributed by atoms with Gasteiger partial charge in [-0.05, 0) is 36.3 Å². The van der Waals surface area contributed by atoms with Crippen molar-refractivity contribution >= 4 is 15.9 Å². The van der Waals surface area contributed by atoms with Crippen molar-refractivity contribution in [2.75, 3.05) is 6.61 Å². The van der Waals surface area contributed by atoms with Gasteiger partial charge in [0.2, 0.25) is 0 Å². The third-order valence-electron chi connectivity index (χ3n) is 2.54. The van der Waals surface area contributed by atoms with Crippen molar-refractivity contribution in [2.45, 2.75) is 19.4 Å². The Labute approximate surface area is 97.7 Å². The van der Waals surface area contributed by atoms with Crippen LogP contribution in [0.15, 0.2) is 34.5 Å². The minimum Gasteiger partial charge on any atom is -0.495 e. The molecule has 0 aliphatic carbocycles. The predicted molar refractivity (Wildman–Crippen MR) is 62.5 cm³/mol. The van der Waals surface area contributed by atoms with Gasteiger partial charge in [-0.25, -0.2) is 0 Å². The van der Waals surface area contributed by atoms with Crippen LogP contribution >= 0.6 is 15.9 Å². The van der Waals surface area contributed by atoms with E-state index in [1.54, 1.807) is 0 Å². The van der Waals surface area contributed by atoms with Gasteiger partial charge in [0.05, 0.1) is 6.61 Å². The van der Waals surface area contributed by atoms with Crippen molar-refractivity contribution in [3.05, 3.63) is 45.6 Å². The van der Waals surface area contributed by atoms with Crippen LogP contribution in [0, 0.1) is 6.92 Å². The average Bonchev–Trinajstić information content (AvgIpc) is 2.74. The molecule has 1 aliphatic heterocycles. The van der Waals surface area contributed by atoms with Crippen molar-refractivity contribution in [1.82, 2.24) is 0 Å². The maximum Gasteiger partial charge on any atom is 0.136 e. The first-order valence-electron chi connectivity index (χ1n) is 4.95. The molecule has 2 nitrogen and oxygen atoms in total. The molecule has 1 aromatic rings. The molecule has 1 heterocycles. The van der Waals surface area contributed by atoms with Gasteiger partial charge in [0.25, 0.3) is 0 Å². The summed E-state index contributed by atoms with van der Waals surface area (Å²) in [6.45, 7) is 2.67. The number of hydrogen-bond acceptors (Lipinski definition) is 2. The molecule has 0 bridgehead atoms. The maximum atomic E-state index is 10.1. The van der Waals surface area contributed by atoms with Gasteiger partial charge in [0.15, 0.2) is 0 Å². The summed E-state index contributed by atoms with van der Waals surface area (Å²) >= 11 is 3.40. The average molecular weight is 269 g/mol. The number of aliphatic hydroxyl groups is 1. The number of benzene rings is 1. The first kappa shape index (κ1) is 10.7. The maximum absolute atomic E-state index is 10.1. The Hall–Kier alpha value is -0.800. The van der Waals surface area contributed by atoms with E-state index in [0.29, 0.717) is 12.4 Å². The van der Waals surface area contributed by atoms with Crippen molar-refractivity contribution in [3.63, 3.8) is 0 Å². The lowest BCUT2D eigenvalue weighted by Gasteiger charge is -2.15. The van der Waals surface area contributed by atoms with E-state index >= 15 is 0 Å². The third-order valence-corrected chi connectivity index (χ3v) is 3.03. The van der Waals surface area contributed by atoms with E-state index in [4.69, 9.17) is 4.74 Å². The molecule has 0 saturated carbocycles. The molecular formula is C12H13BrO2. The normalized spacial score (nSPS) is 17.1. The van der Waals surface area contributed by atoms with E-state index in [1.807, 2.05) is 31.2 Å². The molecule has 1 atom stereocenters. The summed E-state index contributed by atoms with van der Waals surface area (Å²) in [6, 6.07) is 5.89. The number of hydrogen-bond donors (Lipinski definition) is 1. The highest BCUT2D eigenvalue weighted by Crippen LogP contribution is 2.30. The highest BCUT2D eigenvalue weighted by molar-refractivity contribution is 9.10. The fourth-order valence-electron chi connectivity index (χ4n) is 1.69. The van der Waals surface area contributed by atoms with E-state index in [1.165, 1.54) is 0 Å².